The molecule has 0 fully saturated rings. The van der Waals surface area contributed by atoms with Crippen molar-refractivity contribution >= 4 is 56.1 Å². The van der Waals surface area contributed by atoms with Gasteiger partial charge in [0.2, 0.25) is 0 Å². The number of carbonyl (C=O) groups excluding carboxylic acids is 1. The van der Waals surface area contributed by atoms with Crippen molar-refractivity contribution in [1.29, 1.82) is 0 Å². The summed E-state index contributed by atoms with van der Waals surface area (Å²) in [5.74, 6) is 5.40. The van der Waals surface area contributed by atoms with Crippen LogP contribution in [0.5, 0.6) is 0 Å². The van der Waals surface area contributed by atoms with E-state index in [-0.39, 0.29) is 5.91 Å². The number of nitrogens with two attached hydrogens (primary N) is 1. The summed E-state index contributed by atoms with van der Waals surface area (Å²) in [6.07, 6.45) is 0. The van der Waals surface area contributed by atoms with Gasteiger partial charge >= 0.3 is 0 Å². The maximum Gasteiger partial charge on any atom is 0.265 e. The molecule has 0 aliphatic carbocycles. The van der Waals surface area contributed by atoms with Crippen molar-refractivity contribution in [2.75, 3.05) is 0 Å². The van der Waals surface area contributed by atoms with Crippen molar-refractivity contribution in [3.8, 4) is 11.4 Å². The molecule has 3 aromatic rings. The fraction of sp³-hybridized carbons (Fsp3) is 0. The van der Waals surface area contributed by atoms with Crippen molar-refractivity contribution in [1.82, 2.24) is 15.4 Å². The molecular weight excluding hydrogens is 391 g/mol. The number of aromatic nitrogens is 2. The molecule has 0 saturated carbocycles. The number of nitrogen functional groups attached to an aromatic ring is 1. The second kappa shape index (κ2) is 5.89. The molecule has 0 bridgehead atoms. The average molecular weight is 400 g/mol. The number of nitrogens with zero attached hydrogens (tertiary/aromatic N) is 1. The Bertz CT molecular complexity index is 894. The Morgan fingerprint density at radius 1 is 1.23 bits per heavy atom. The number of rotatable bonds is 2. The van der Waals surface area contributed by atoms with Crippen molar-refractivity contribution < 1.29 is 4.79 Å². The van der Waals surface area contributed by atoms with Crippen LogP contribution >= 0.6 is 39.1 Å². The smallest absolute Gasteiger partial charge is 0.265 e. The molecule has 0 spiro atoms. The lowest BCUT2D eigenvalue weighted by atomic mass is 10.2. The molecule has 22 heavy (non-hydrogen) atoms. The predicted octanol–water partition coefficient (Wildman–Crippen LogP) is 3.90. The first-order chi connectivity index (χ1) is 10.5. The van der Waals surface area contributed by atoms with Crippen molar-refractivity contribution in [3.05, 3.63) is 50.4 Å². The van der Waals surface area contributed by atoms with Crippen molar-refractivity contribution in [3.63, 3.8) is 0 Å². The van der Waals surface area contributed by atoms with Gasteiger partial charge in [0.15, 0.2) is 0 Å². The van der Waals surface area contributed by atoms with Gasteiger partial charge in [-0.05, 0) is 46.3 Å². The van der Waals surface area contributed by atoms with E-state index in [1.165, 1.54) is 0 Å². The second-order valence-corrected chi connectivity index (χ2v) is 6.21. The molecule has 0 aliphatic rings. The molecule has 5 nitrogen and oxygen atoms in total. The number of amides is 1. The van der Waals surface area contributed by atoms with Gasteiger partial charge in [-0.15, -0.1) is 0 Å². The average Bonchev–Trinajstić information content (AvgIpc) is 2.93. The van der Waals surface area contributed by atoms with Gasteiger partial charge in [0.05, 0.1) is 15.6 Å². The highest BCUT2D eigenvalue weighted by atomic mass is 79.9. The lowest BCUT2D eigenvalue weighted by molar-refractivity contribution is 0.0953. The van der Waals surface area contributed by atoms with Crippen LogP contribution in [-0.2, 0) is 0 Å². The SMILES string of the molecule is NNC(=O)c1cc(Br)c2nc(-c3ccc(Cl)c(Cl)c3)[nH]c2c1. The van der Waals surface area contributed by atoms with Crippen LogP contribution in [0.2, 0.25) is 10.0 Å². The predicted molar refractivity (Wildman–Crippen MR) is 90.9 cm³/mol. The van der Waals surface area contributed by atoms with E-state index >= 15 is 0 Å². The maximum absolute atomic E-state index is 11.6. The summed E-state index contributed by atoms with van der Waals surface area (Å²) in [5, 5.41) is 0.923. The summed E-state index contributed by atoms with van der Waals surface area (Å²) in [4.78, 5) is 19.3. The Balaban J connectivity index is 2.15. The number of carbonyl (C=O) groups is 1. The van der Waals surface area contributed by atoms with E-state index in [1.54, 1.807) is 24.3 Å². The maximum atomic E-state index is 11.6. The first-order valence-electron chi connectivity index (χ1n) is 6.15. The molecule has 3 rings (SSSR count). The van der Waals surface area contributed by atoms with E-state index in [0.717, 1.165) is 5.56 Å². The van der Waals surface area contributed by atoms with Crippen LogP contribution in [0.15, 0.2) is 34.8 Å². The zero-order valence-electron chi connectivity index (χ0n) is 11.0. The number of hydrogen-bond donors (Lipinski definition) is 3. The minimum atomic E-state index is -0.381. The highest BCUT2D eigenvalue weighted by Gasteiger charge is 2.13. The quantitative estimate of drug-likeness (QED) is 0.347. The molecule has 0 atom stereocenters. The Kier molecular flexibility index (Phi) is 4.10. The lowest BCUT2D eigenvalue weighted by Gasteiger charge is -2.00. The second-order valence-electron chi connectivity index (χ2n) is 4.54. The molecule has 0 aliphatic heterocycles. The van der Waals surface area contributed by atoms with E-state index in [9.17, 15) is 4.79 Å². The first-order valence-corrected chi connectivity index (χ1v) is 7.70. The van der Waals surface area contributed by atoms with Crippen LogP contribution in [0.1, 0.15) is 10.4 Å². The van der Waals surface area contributed by atoms with Gasteiger partial charge in [-0.2, -0.15) is 0 Å². The van der Waals surface area contributed by atoms with Crippen LogP contribution in [0.25, 0.3) is 22.4 Å². The summed E-state index contributed by atoms with van der Waals surface area (Å²) in [5.41, 5.74) is 4.72. The van der Waals surface area contributed by atoms with Gasteiger partial charge in [-0.3, -0.25) is 10.2 Å². The minimum Gasteiger partial charge on any atom is -0.338 e. The van der Waals surface area contributed by atoms with Gasteiger partial charge in [0.25, 0.3) is 5.91 Å². The molecule has 2 aromatic carbocycles. The number of H-pyrrole nitrogens is 1. The van der Waals surface area contributed by atoms with Gasteiger partial charge in [0, 0.05) is 15.6 Å². The number of hydrogen-bond acceptors (Lipinski definition) is 3. The molecule has 1 amide bonds. The summed E-state index contributed by atoms with van der Waals surface area (Å²) in [6, 6.07) is 8.57. The largest absolute Gasteiger partial charge is 0.338 e. The Labute approximate surface area is 143 Å². The number of benzene rings is 2. The fourth-order valence-electron chi connectivity index (χ4n) is 2.07. The van der Waals surface area contributed by atoms with Crippen LogP contribution in [0, 0.1) is 0 Å². The molecule has 0 radical (unpaired) electrons. The summed E-state index contributed by atoms with van der Waals surface area (Å²) in [6.45, 7) is 0. The zero-order valence-corrected chi connectivity index (χ0v) is 14.1. The van der Waals surface area contributed by atoms with Gasteiger partial charge in [0.1, 0.15) is 11.3 Å². The normalized spacial score (nSPS) is 10.9. The summed E-state index contributed by atoms with van der Waals surface area (Å²) in [7, 11) is 0. The zero-order chi connectivity index (χ0) is 15.9. The number of imidazole rings is 1. The Morgan fingerprint density at radius 2 is 2.00 bits per heavy atom. The molecule has 0 unspecified atom stereocenters. The molecule has 112 valence electrons. The highest BCUT2D eigenvalue weighted by Crippen LogP contribution is 2.30. The Morgan fingerprint density at radius 3 is 2.68 bits per heavy atom. The van der Waals surface area contributed by atoms with Gasteiger partial charge < -0.3 is 4.98 Å². The van der Waals surface area contributed by atoms with E-state index < -0.39 is 0 Å². The number of fused-ring (bicyclic) bond motifs is 1. The van der Waals surface area contributed by atoms with E-state index in [1.807, 2.05) is 6.07 Å². The van der Waals surface area contributed by atoms with E-state index in [2.05, 4.69) is 31.3 Å². The standard InChI is InChI=1S/C14H9BrCl2N4O/c15-8-3-7(14(22)21-18)5-11-12(8)20-13(19-11)6-1-2-9(16)10(17)4-6/h1-5H,18H2,(H,19,20)(H,21,22). The molecule has 4 N–H and O–H groups in total. The van der Waals surface area contributed by atoms with Crippen LogP contribution in [0.4, 0.5) is 0 Å². The van der Waals surface area contributed by atoms with Crippen LogP contribution < -0.4 is 11.3 Å². The third-order valence-corrected chi connectivity index (χ3v) is 4.47. The lowest BCUT2D eigenvalue weighted by Crippen LogP contribution is -2.29. The topological polar surface area (TPSA) is 83.8 Å². The third-order valence-electron chi connectivity index (χ3n) is 3.13. The van der Waals surface area contributed by atoms with Crippen LogP contribution in [-0.4, -0.2) is 15.9 Å². The summed E-state index contributed by atoms with van der Waals surface area (Å²) >= 11 is 15.4. The first kappa shape index (κ1) is 15.3. The molecule has 1 heterocycles. The molecule has 0 saturated heterocycles. The van der Waals surface area contributed by atoms with Gasteiger partial charge in [-0.25, -0.2) is 10.8 Å². The number of hydrazine groups is 1. The molecular formula is C14H9BrCl2N4O. The molecule has 8 heteroatoms. The van der Waals surface area contributed by atoms with Crippen molar-refractivity contribution in [2.24, 2.45) is 5.84 Å². The van der Waals surface area contributed by atoms with E-state index in [4.69, 9.17) is 29.0 Å². The monoisotopic (exact) mass is 398 g/mol. The summed E-state index contributed by atoms with van der Waals surface area (Å²) < 4.78 is 0.686. The van der Waals surface area contributed by atoms with Crippen molar-refractivity contribution in [2.45, 2.75) is 0 Å². The van der Waals surface area contributed by atoms with Gasteiger partial charge in [-0.1, -0.05) is 23.2 Å². The number of halogens is 3. The van der Waals surface area contributed by atoms with Crippen LogP contribution in [0.3, 0.4) is 0 Å². The molecule has 1 aromatic heterocycles. The minimum absolute atomic E-state index is 0.381. The number of nitrogens with one attached hydrogen (secondary N) is 2. The van der Waals surface area contributed by atoms with E-state index in [0.29, 0.717) is 36.9 Å². The number of aromatic amines is 1. The fourth-order valence-corrected chi connectivity index (χ4v) is 2.92. The highest BCUT2D eigenvalue weighted by molar-refractivity contribution is 9.10. The Hall–Kier alpha value is -1.60. The third kappa shape index (κ3) is 2.70.